The average molecular weight is 171 g/mol. The summed E-state index contributed by atoms with van der Waals surface area (Å²) in [5.74, 6) is 0. The number of hydrogen-bond acceptors (Lipinski definition) is 2. The predicted molar refractivity (Wildman–Crippen MR) is 51.4 cm³/mol. The van der Waals surface area contributed by atoms with Crippen molar-refractivity contribution in [3.8, 4) is 0 Å². The molecular weight excluding hydrogens is 150 g/mol. The Bertz CT molecular complexity index is 147. The van der Waals surface area contributed by atoms with Crippen LogP contribution in [0.5, 0.6) is 0 Å². The van der Waals surface area contributed by atoms with Gasteiger partial charge in [-0.1, -0.05) is 0 Å². The molecule has 0 radical (unpaired) electrons. The van der Waals surface area contributed by atoms with Gasteiger partial charge in [0, 0.05) is 25.7 Å². The first kappa shape index (κ1) is 10.0. The molecule has 1 saturated heterocycles. The third kappa shape index (κ3) is 2.20. The summed E-state index contributed by atoms with van der Waals surface area (Å²) in [6.07, 6.45) is 1.18. The van der Waals surface area contributed by atoms with Gasteiger partial charge in [0.05, 0.1) is 5.60 Å². The topological polar surface area (TPSA) is 12.5 Å². The van der Waals surface area contributed by atoms with Gasteiger partial charge in [-0.15, -0.1) is 0 Å². The van der Waals surface area contributed by atoms with Crippen LogP contribution >= 0.6 is 0 Å². The van der Waals surface area contributed by atoms with Crippen molar-refractivity contribution < 1.29 is 4.74 Å². The summed E-state index contributed by atoms with van der Waals surface area (Å²) in [5.41, 5.74) is 0.124. The molecule has 1 atom stereocenters. The summed E-state index contributed by atoms with van der Waals surface area (Å²) in [6.45, 7) is 11.9. The lowest BCUT2D eigenvalue weighted by Gasteiger charge is -2.26. The van der Waals surface area contributed by atoms with Crippen molar-refractivity contribution in [2.75, 3.05) is 19.7 Å². The minimum Gasteiger partial charge on any atom is -0.374 e. The first-order valence-corrected chi connectivity index (χ1v) is 4.95. The van der Waals surface area contributed by atoms with Crippen LogP contribution in [0.4, 0.5) is 0 Å². The maximum Gasteiger partial charge on any atom is 0.0792 e. The molecule has 0 N–H and O–H groups in total. The Morgan fingerprint density at radius 1 is 1.50 bits per heavy atom. The first-order chi connectivity index (χ1) is 5.57. The van der Waals surface area contributed by atoms with Gasteiger partial charge >= 0.3 is 0 Å². The van der Waals surface area contributed by atoms with E-state index >= 15 is 0 Å². The van der Waals surface area contributed by atoms with E-state index in [9.17, 15) is 0 Å². The third-order valence-electron chi connectivity index (χ3n) is 2.69. The summed E-state index contributed by atoms with van der Waals surface area (Å²) < 4.78 is 5.73. The molecule has 1 aliphatic heterocycles. The second kappa shape index (κ2) is 3.75. The molecule has 1 rings (SSSR count). The number of hydrogen-bond donors (Lipinski definition) is 0. The monoisotopic (exact) mass is 171 g/mol. The van der Waals surface area contributed by atoms with Gasteiger partial charge in [-0.05, 0) is 34.1 Å². The Morgan fingerprint density at radius 2 is 2.17 bits per heavy atom. The zero-order valence-corrected chi connectivity index (χ0v) is 8.76. The van der Waals surface area contributed by atoms with Gasteiger partial charge in [0.1, 0.15) is 0 Å². The van der Waals surface area contributed by atoms with E-state index in [4.69, 9.17) is 4.74 Å². The van der Waals surface area contributed by atoms with Crippen LogP contribution in [0.3, 0.4) is 0 Å². The van der Waals surface area contributed by atoms with Crippen molar-refractivity contribution >= 4 is 0 Å². The van der Waals surface area contributed by atoms with Crippen molar-refractivity contribution in [2.45, 2.75) is 45.8 Å². The van der Waals surface area contributed by atoms with Crippen molar-refractivity contribution in [1.29, 1.82) is 0 Å². The fourth-order valence-corrected chi connectivity index (χ4v) is 1.87. The van der Waals surface area contributed by atoms with E-state index in [0.29, 0.717) is 6.04 Å². The van der Waals surface area contributed by atoms with E-state index in [2.05, 4.69) is 32.6 Å². The molecule has 12 heavy (non-hydrogen) atoms. The largest absolute Gasteiger partial charge is 0.374 e. The maximum atomic E-state index is 5.73. The lowest BCUT2D eigenvalue weighted by Crippen LogP contribution is -2.35. The van der Waals surface area contributed by atoms with Crippen LogP contribution in [-0.2, 0) is 4.74 Å². The molecular formula is C10H21NO. The molecule has 0 amide bonds. The standard InChI is InChI=1S/C10H21NO/c1-5-12-10(4)6-7-11(8-10)9(2)3/h9H,5-8H2,1-4H3. The van der Waals surface area contributed by atoms with E-state index in [1.165, 1.54) is 13.0 Å². The Morgan fingerprint density at radius 3 is 2.58 bits per heavy atom. The fourth-order valence-electron chi connectivity index (χ4n) is 1.87. The van der Waals surface area contributed by atoms with Crippen molar-refractivity contribution in [1.82, 2.24) is 4.90 Å². The summed E-state index contributed by atoms with van der Waals surface area (Å²) in [4.78, 5) is 2.48. The molecule has 0 aliphatic carbocycles. The normalized spacial score (nSPS) is 31.8. The molecule has 0 saturated carbocycles. The van der Waals surface area contributed by atoms with Gasteiger partial charge in [0.25, 0.3) is 0 Å². The minimum atomic E-state index is 0.124. The maximum absolute atomic E-state index is 5.73. The molecule has 1 aliphatic rings. The van der Waals surface area contributed by atoms with Crippen LogP contribution in [0.25, 0.3) is 0 Å². The van der Waals surface area contributed by atoms with Crippen molar-refractivity contribution in [2.24, 2.45) is 0 Å². The highest BCUT2D eigenvalue weighted by atomic mass is 16.5. The molecule has 0 aromatic rings. The highest BCUT2D eigenvalue weighted by Crippen LogP contribution is 2.25. The van der Waals surface area contributed by atoms with Crippen LogP contribution in [-0.4, -0.2) is 36.2 Å². The highest BCUT2D eigenvalue weighted by Gasteiger charge is 2.34. The van der Waals surface area contributed by atoms with E-state index in [0.717, 1.165) is 13.2 Å². The number of rotatable bonds is 3. The van der Waals surface area contributed by atoms with E-state index in [-0.39, 0.29) is 5.60 Å². The molecule has 2 nitrogen and oxygen atoms in total. The van der Waals surface area contributed by atoms with Gasteiger partial charge in [-0.25, -0.2) is 0 Å². The number of ether oxygens (including phenoxy) is 1. The number of nitrogens with zero attached hydrogens (tertiary/aromatic N) is 1. The smallest absolute Gasteiger partial charge is 0.0792 e. The molecule has 0 bridgehead atoms. The Hall–Kier alpha value is -0.0800. The molecule has 0 aromatic carbocycles. The summed E-state index contributed by atoms with van der Waals surface area (Å²) in [6, 6.07) is 0.660. The minimum absolute atomic E-state index is 0.124. The summed E-state index contributed by atoms with van der Waals surface area (Å²) in [7, 11) is 0. The quantitative estimate of drug-likeness (QED) is 0.643. The second-order valence-corrected chi connectivity index (χ2v) is 4.20. The Balaban J connectivity index is 2.43. The van der Waals surface area contributed by atoms with Crippen LogP contribution in [0.2, 0.25) is 0 Å². The third-order valence-corrected chi connectivity index (χ3v) is 2.69. The molecule has 0 spiro atoms. The Labute approximate surface area is 75.9 Å². The van der Waals surface area contributed by atoms with Gasteiger partial charge in [-0.3, -0.25) is 4.90 Å². The van der Waals surface area contributed by atoms with Gasteiger partial charge < -0.3 is 4.74 Å². The van der Waals surface area contributed by atoms with Crippen molar-refractivity contribution in [3.05, 3.63) is 0 Å². The average Bonchev–Trinajstić information content (AvgIpc) is 2.33. The number of likely N-dealkylation sites (tertiary alicyclic amines) is 1. The van der Waals surface area contributed by atoms with Gasteiger partial charge in [0.2, 0.25) is 0 Å². The molecule has 1 fully saturated rings. The summed E-state index contributed by atoms with van der Waals surface area (Å²) >= 11 is 0. The van der Waals surface area contributed by atoms with E-state index in [1.807, 2.05) is 0 Å². The van der Waals surface area contributed by atoms with Crippen LogP contribution in [0.15, 0.2) is 0 Å². The van der Waals surface area contributed by atoms with E-state index < -0.39 is 0 Å². The Kier molecular flexibility index (Phi) is 3.13. The van der Waals surface area contributed by atoms with Crippen LogP contribution in [0.1, 0.15) is 34.1 Å². The molecule has 2 heteroatoms. The summed E-state index contributed by atoms with van der Waals surface area (Å²) in [5, 5.41) is 0. The zero-order valence-electron chi connectivity index (χ0n) is 8.76. The molecule has 0 aromatic heterocycles. The van der Waals surface area contributed by atoms with E-state index in [1.54, 1.807) is 0 Å². The predicted octanol–water partition coefficient (Wildman–Crippen LogP) is 1.90. The zero-order chi connectivity index (χ0) is 9.19. The molecule has 1 unspecified atom stereocenters. The lowest BCUT2D eigenvalue weighted by molar-refractivity contribution is -0.0180. The highest BCUT2D eigenvalue weighted by molar-refractivity contribution is 4.89. The lowest BCUT2D eigenvalue weighted by atomic mass is 10.1. The van der Waals surface area contributed by atoms with Gasteiger partial charge in [-0.2, -0.15) is 0 Å². The SMILES string of the molecule is CCOC1(C)CCN(C(C)C)C1. The second-order valence-electron chi connectivity index (χ2n) is 4.20. The fraction of sp³-hybridized carbons (Fsp3) is 1.00. The molecule has 72 valence electrons. The van der Waals surface area contributed by atoms with Crippen molar-refractivity contribution in [3.63, 3.8) is 0 Å². The van der Waals surface area contributed by atoms with Gasteiger partial charge in [0.15, 0.2) is 0 Å². The first-order valence-electron chi connectivity index (χ1n) is 4.95. The van der Waals surface area contributed by atoms with Crippen LogP contribution in [0, 0.1) is 0 Å². The molecule has 1 heterocycles. The van der Waals surface area contributed by atoms with Crippen LogP contribution < -0.4 is 0 Å².